The molecule has 0 saturated heterocycles. The van der Waals surface area contributed by atoms with Crippen LogP contribution in [-0.2, 0) is 19.3 Å². The Balaban J connectivity index is 2.32. The Labute approximate surface area is 127 Å². The zero-order valence-electron chi connectivity index (χ0n) is 12.3. The Morgan fingerprint density at radius 3 is 1.82 bits per heavy atom. The lowest BCUT2D eigenvalue weighted by molar-refractivity contribution is -0.132. The van der Waals surface area contributed by atoms with Gasteiger partial charge in [-0.05, 0) is 0 Å². The van der Waals surface area contributed by atoms with Crippen LogP contribution in [0.3, 0.4) is 0 Å². The first-order valence-electron chi connectivity index (χ1n) is 6.37. The summed E-state index contributed by atoms with van der Waals surface area (Å²) in [6, 6.07) is 1.46. The molecule has 0 spiro atoms. The summed E-state index contributed by atoms with van der Waals surface area (Å²) in [6.07, 6.45) is 1.49. The van der Waals surface area contributed by atoms with Crippen molar-refractivity contribution in [1.29, 1.82) is 0 Å². The van der Waals surface area contributed by atoms with E-state index in [0.717, 1.165) is 0 Å². The molecule has 0 fully saturated rings. The maximum atomic E-state index is 11.1. The fourth-order valence-corrected chi connectivity index (χ4v) is 1.31. The number of hydrogen-bond donors (Lipinski definition) is 2. The Morgan fingerprint density at radius 2 is 1.41 bits per heavy atom. The van der Waals surface area contributed by atoms with E-state index in [9.17, 15) is 9.59 Å². The number of rotatable bonds is 10. The molecule has 1 aromatic rings. The van der Waals surface area contributed by atoms with Crippen LogP contribution in [0.25, 0.3) is 0 Å². The van der Waals surface area contributed by atoms with Crippen molar-refractivity contribution < 1.29 is 28.7 Å². The van der Waals surface area contributed by atoms with Gasteiger partial charge in [0.2, 0.25) is 23.6 Å². The van der Waals surface area contributed by atoms with Gasteiger partial charge in [-0.3, -0.25) is 19.3 Å². The monoisotopic (exact) mass is 314 g/mol. The van der Waals surface area contributed by atoms with E-state index in [1.54, 1.807) is 0 Å². The number of aromatic nitrogens is 2. The average Bonchev–Trinajstić information content (AvgIpc) is 2.48. The first-order valence-corrected chi connectivity index (χ1v) is 6.37. The molecule has 0 aromatic carbocycles. The van der Waals surface area contributed by atoms with Gasteiger partial charge in [0.1, 0.15) is 6.33 Å². The van der Waals surface area contributed by atoms with E-state index in [2.05, 4.69) is 30.6 Å². The molecule has 2 N–H and O–H groups in total. The number of carbonyl (C=O) groups is 2. The molecule has 10 nitrogen and oxygen atoms in total. The SMILES string of the molecule is CONC(=O)CCOc1cc(OCCC(=O)NOC)ncn1. The predicted octanol–water partition coefficient (Wildman–Crippen LogP) is -0.630. The maximum absolute atomic E-state index is 11.1. The van der Waals surface area contributed by atoms with Gasteiger partial charge in [0.25, 0.3) is 0 Å². The molecular formula is C12H18N4O6. The first-order chi connectivity index (χ1) is 10.7. The van der Waals surface area contributed by atoms with Crippen LogP contribution < -0.4 is 20.4 Å². The molecule has 0 atom stereocenters. The third kappa shape index (κ3) is 7.36. The molecular weight excluding hydrogens is 296 g/mol. The summed E-state index contributed by atoms with van der Waals surface area (Å²) in [5.74, 6) is -0.0949. The molecule has 0 aliphatic carbocycles. The number of amides is 2. The van der Waals surface area contributed by atoms with E-state index in [1.165, 1.54) is 26.6 Å². The highest BCUT2D eigenvalue weighted by Crippen LogP contribution is 2.13. The fourth-order valence-electron chi connectivity index (χ4n) is 1.31. The minimum atomic E-state index is -0.308. The van der Waals surface area contributed by atoms with Crippen LogP contribution in [0.15, 0.2) is 12.4 Å². The zero-order valence-corrected chi connectivity index (χ0v) is 12.3. The number of carbonyl (C=O) groups excluding carboxylic acids is 2. The summed E-state index contributed by atoms with van der Waals surface area (Å²) < 4.78 is 10.6. The van der Waals surface area contributed by atoms with Gasteiger partial charge in [-0.2, -0.15) is 0 Å². The molecule has 0 radical (unpaired) electrons. The number of nitrogens with one attached hydrogen (secondary N) is 2. The smallest absolute Gasteiger partial charge is 0.246 e. The molecule has 0 bridgehead atoms. The molecule has 0 unspecified atom stereocenters. The number of ether oxygens (including phenoxy) is 2. The molecule has 10 heteroatoms. The van der Waals surface area contributed by atoms with Gasteiger partial charge in [-0.1, -0.05) is 0 Å². The van der Waals surface area contributed by atoms with Crippen molar-refractivity contribution in [2.75, 3.05) is 27.4 Å². The van der Waals surface area contributed by atoms with Crippen molar-refractivity contribution in [2.24, 2.45) is 0 Å². The quantitative estimate of drug-likeness (QED) is 0.548. The third-order valence-electron chi connectivity index (χ3n) is 2.21. The van der Waals surface area contributed by atoms with E-state index in [1.807, 2.05) is 0 Å². The largest absolute Gasteiger partial charge is 0.477 e. The van der Waals surface area contributed by atoms with E-state index >= 15 is 0 Å². The van der Waals surface area contributed by atoms with Crippen LogP contribution in [0.4, 0.5) is 0 Å². The van der Waals surface area contributed by atoms with E-state index in [4.69, 9.17) is 9.47 Å². The molecule has 1 aromatic heterocycles. The second kappa shape index (κ2) is 10.3. The molecule has 0 aliphatic heterocycles. The van der Waals surface area contributed by atoms with Gasteiger partial charge < -0.3 is 9.47 Å². The average molecular weight is 314 g/mol. The number of hydrogen-bond acceptors (Lipinski definition) is 8. The standard InChI is InChI=1S/C12H18N4O6/c1-19-15-9(17)3-5-21-11-7-12(14-8-13-11)22-6-4-10(18)16-20-2/h7-8H,3-6H2,1-2H3,(H,15,17)(H,16,18). The van der Waals surface area contributed by atoms with Crippen LogP contribution in [0.1, 0.15) is 12.8 Å². The maximum Gasteiger partial charge on any atom is 0.246 e. The van der Waals surface area contributed by atoms with Crippen LogP contribution in [0.2, 0.25) is 0 Å². The van der Waals surface area contributed by atoms with Crippen LogP contribution >= 0.6 is 0 Å². The molecule has 1 rings (SSSR count). The van der Waals surface area contributed by atoms with Gasteiger partial charge in [0.05, 0.1) is 46.3 Å². The first kappa shape index (κ1) is 17.6. The minimum Gasteiger partial charge on any atom is -0.477 e. The van der Waals surface area contributed by atoms with Crippen LogP contribution in [0, 0.1) is 0 Å². The summed E-state index contributed by atoms with van der Waals surface area (Å²) in [4.78, 5) is 39.0. The normalized spacial score (nSPS) is 9.91. The van der Waals surface area contributed by atoms with Crippen LogP contribution in [0.5, 0.6) is 11.8 Å². The summed E-state index contributed by atoms with van der Waals surface area (Å²) in [5.41, 5.74) is 4.34. The predicted molar refractivity (Wildman–Crippen MR) is 72.6 cm³/mol. The van der Waals surface area contributed by atoms with Crippen molar-refractivity contribution in [3.8, 4) is 11.8 Å². The molecule has 0 aliphatic rings. The Bertz CT molecular complexity index is 445. The molecule has 0 saturated carbocycles. The van der Waals surface area contributed by atoms with E-state index < -0.39 is 0 Å². The summed E-state index contributed by atoms with van der Waals surface area (Å²) >= 11 is 0. The zero-order chi connectivity index (χ0) is 16.2. The molecule has 22 heavy (non-hydrogen) atoms. The van der Waals surface area contributed by atoms with Gasteiger partial charge in [-0.25, -0.2) is 20.9 Å². The Hall–Kier alpha value is -2.46. The lowest BCUT2D eigenvalue weighted by Gasteiger charge is -2.07. The topological polar surface area (TPSA) is 121 Å². The van der Waals surface area contributed by atoms with Crippen molar-refractivity contribution in [1.82, 2.24) is 20.9 Å². The highest BCUT2D eigenvalue weighted by Gasteiger charge is 2.05. The summed E-state index contributed by atoms with van der Waals surface area (Å²) in [7, 11) is 2.69. The highest BCUT2D eigenvalue weighted by atomic mass is 16.6. The number of hydroxylamine groups is 2. The van der Waals surface area contributed by atoms with Crippen LogP contribution in [-0.4, -0.2) is 49.2 Å². The second-order valence-corrected chi connectivity index (χ2v) is 3.85. The fraction of sp³-hybridized carbons (Fsp3) is 0.500. The van der Waals surface area contributed by atoms with E-state index in [0.29, 0.717) is 0 Å². The Morgan fingerprint density at radius 1 is 0.955 bits per heavy atom. The van der Waals surface area contributed by atoms with Crippen molar-refractivity contribution in [3.05, 3.63) is 12.4 Å². The van der Waals surface area contributed by atoms with Gasteiger partial charge in [-0.15, -0.1) is 0 Å². The van der Waals surface area contributed by atoms with Crippen molar-refractivity contribution >= 4 is 11.8 Å². The third-order valence-corrected chi connectivity index (χ3v) is 2.21. The summed E-state index contributed by atoms with van der Waals surface area (Å²) in [5, 5.41) is 0. The van der Waals surface area contributed by atoms with E-state index in [-0.39, 0.29) is 49.6 Å². The van der Waals surface area contributed by atoms with Crippen molar-refractivity contribution in [3.63, 3.8) is 0 Å². The highest BCUT2D eigenvalue weighted by molar-refractivity contribution is 5.75. The van der Waals surface area contributed by atoms with Gasteiger partial charge >= 0.3 is 0 Å². The molecule has 1 heterocycles. The van der Waals surface area contributed by atoms with Gasteiger partial charge in [0.15, 0.2) is 0 Å². The number of nitrogens with zero attached hydrogens (tertiary/aromatic N) is 2. The second-order valence-electron chi connectivity index (χ2n) is 3.85. The van der Waals surface area contributed by atoms with Gasteiger partial charge in [0, 0.05) is 0 Å². The Kier molecular flexibility index (Phi) is 8.23. The summed E-state index contributed by atoms with van der Waals surface area (Å²) in [6.45, 7) is 0.254. The lowest BCUT2D eigenvalue weighted by atomic mass is 10.4. The lowest BCUT2D eigenvalue weighted by Crippen LogP contribution is -2.23. The molecule has 122 valence electrons. The molecule has 2 amide bonds. The minimum absolute atomic E-state index is 0.116. The van der Waals surface area contributed by atoms with Crippen molar-refractivity contribution in [2.45, 2.75) is 12.8 Å².